The van der Waals surface area contributed by atoms with Crippen molar-refractivity contribution in [1.29, 1.82) is 0 Å². The third kappa shape index (κ3) is 15.8. The van der Waals surface area contributed by atoms with Gasteiger partial charge in [-0.25, -0.2) is 0 Å². The van der Waals surface area contributed by atoms with Crippen LogP contribution < -0.4 is 17.7 Å². The molecule has 0 amide bonds. The zero-order valence-corrected chi connectivity index (χ0v) is 21.4. The summed E-state index contributed by atoms with van der Waals surface area (Å²) in [5.74, 6) is -0.549. The van der Waals surface area contributed by atoms with Crippen molar-refractivity contribution in [2.24, 2.45) is 0 Å². The summed E-state index contributed by atoms with van der Waals surface area (Å²) in [5, 5.41) is 2.19. The number of hydrogen-bond donors (Lipinski definition) is 1. The topological polar surface area (TPSA) is 35.1 Å². The summed E-state index contributed by atoms with van der Waals surface area (Å²) in [6, 6.07) is 10.5. The van der Waals surface area contributed by atoms with Crippen LogP contribution >= 0.6 is 0 Å². The van der Waals surface area contributed by atoms with E-state index in [2.05, 4.69) is 42.6 Å². The van der Waals surface area contributed by atoms with Crippen LogP contribution in [0.1, 0.15) is 115 Å². The molecule has 0 heterocycles. The molecule has 1 rings (SSSR count). The number of hydrogen-bond acceptors (Lipinski definition) is 2. The highest BCUT2D eigenvalue weighted by Gasteiger charge is 2.33. The van der Waals surface area contributed by atoms with Crippen LogP contribution in [0.15, 0.2) is 30.3 Å². The van der Waals surface area contributed by atoms with Crippen LogP contribution in [0.3, 0.4) is 0 Å². The van der Waals surface area contributed by atoms with E-state index in [1.54, 1.807) is 14.2 Å². The predicted octanol–water partition coefficient (Wildman–Crippen LogP) is 3.96. The van der Waals surface area contributed by atoms with Gasteiger partial charge in [0.2, 0.25) is 0 Å². The van der Waals surface area contributed by atoms with Crippen molar-refractivity contribution in [2.75, 3.05) is 14.2 Å². The Balaban J connectivity index is 0.00000900. The molecule has 182 valence electrons. The summed E-state index contributed by atoms with van der Waals surface area (Å²) >= 11 is 0. The van der Waals surface area contributed by atoms with Gasteiger partial charge < -0.3 is 21.9 Å². The minimum atomic E-state index is -0.549. The Morgan fingerprint density at radius 3 is 1.48 bits per heavy atom. The van der Waals surface area contributed by atoms with Crippen molar-refractivity contribution >= 4 is 0 Å². The molecule has 0 bridgehead atoms. The molecular weight excluding hydrogens is 406 g/mol. The molecule has 0 spiro atoms. The van der Waals surface area contributed by atoms with Gasteiger partial charge in [0.1, 0.15) is 6.54 Å². The Hall–Kier alpha value is -0.610. The molecule has 4 heteroatoms. The maximum Gasteiger partial charge on any atom is 0.315 e. The van der Waals surface area contributed by atoms with Crippen molar-refractivity contribution in [3.05, 3.63) is 35.9 Å². The lowest BCUT2D eigenvalue weighted by Crippen LogP contribution is -3.00. The summed E-state index contributed by atoms with van der Waals surface area (Å²) in [6.45, 7) is 3.17. The van der Waals surface area contributed by atoms with Crippen LogP contribution in [0.25, 0.3) is 0 Å². The number of methoxy groups -OCH3 is 2. The van der Waals surface area contributed by atoms with Gasteiger partial charge in [0.25, 0.3) is 0 Å². The summed E-state index contributed by atoms with van der Waals surface area (Å²) in [5.41, 5.74) is 1.30. The van der Waals surface area contributed by atoms with E-state index in [1.165, 1.54) is 95.5 Å². The number of quaternary nitrogens is 1. The molecule has 2 N–H and O–H groups in total. The molecule has 0 unspecified atom stereocenters. The second-order valence-electron chi connectivity index (χ2n) is 8.81. The van der Waals surface area contributed by atoms with E-state index in [-0.39, 0.29) is 12.4 Å². The van der Waals surface area contributed by atoms with E-state index in [4.69, 9.17) is 9.47 Å². The van der Waals surface area contributed by atoms with Crippen molar-refractivity contribution in [3.8, 4) is 0 Å². The average Bonchev–Trinajstić information content (AvgIpc) is 2.79. The zero-order valence-electron chi connectivity index (χ0n) is 20.7. The number of unbranched alkanes of at least 4 members (excludes halogenated alkanes) is 14. The Morgan fingerprint density at radius 2 is 1.06 bits per heavy atom. The lowest BCUT2D eigenvalue weighted by molar-refractivity contribution is -0.826. The highest BCUT2D eigenvalue weighted by molar-refractivity contribution is 5.12. The van der Waals surface area contributed by atoms with Crippen molar-refractivity contribution in [2.45, 2.75) is 122 Å². The molecule has 1 aromatic rings. The van der Waals surface area contributed by atoms with Gasteiger partial charge in [-0.05, 0) is 6.42 Å². The van der Waals surface area contributed by atoms with Gasteiger partial charge in [-0.2, -0.15) is 0 Å². The van der Waals surface area contributed by atoms with Crippen LogP contribution in [0.5, 0.6) is 0 Å². The van der Waals surface area contributed by atoms with Crippen molar-refractivity contribution < 1.29 is 27.2 Å². The van der Waals surface area contributed by atoms with E-state index in [0.717, 1.165) is 19.4 Å². The zero-order chi connectivity index (χ0) is 21.8. The van der Waals surface area contributed by atoms with Gasteiger partial charge >= 0.3 is 5.91 Å². The lowest BCUT2D eigenvalue weighted by Gasteiger charge is -2.28. The third-order valence-corrected chi connectivity index (χ3v) is 6.31. The van der Waals surface area contributed by atoms with Crippen molar-refractivity contribution in [1.82, 2.24) is 0 Å². The Morgan fingerprint density at radius 1 is 0.645 bits per heavy atom. The molecule has 31 heavy (non-hydrogen) atoms. The summed E-state index contributed by atoms with van der Waals surface area (Å²) in [6.07, 6.45) is 21.8. The van der Waals surface area contributed by atoms with Crippen molar-refractivity contribution in [3.63, 3.8) is 0 Å². The van der Waals surface area contributed by atoms with Gasteiger partial charge in [-0.3, -0.25) is 5.32 Å². The minimum absolute atomic E-state index is 0. The fraction of sp³-hybridized carbons (Fsp3) is 0.778. The van der Waals surface area contributed by atoms with Gasteiger partial charge in [0.05, 0.1) is 6.42 Å². The summed E-state index contributed by atoms with van der Waals surface area (Å²) in [4.78, 5) is 0. The van der Waals surface area contributed by atoms with Crippen LogP contribution in [0.2, 0.25) is 0 Å². The smallest absolute Gasteiger partial charge is 0.315 e. The highest BCUT2D eigenvalue weighted by Crippen LogP contribution is 2.16. The fourth-order valence-corrected chi connectivity index (χ4v) is 4.19. The standard InChI is InChI=1S/C27H49NO2.ClH/c1-4-5-6-7-8-9-10-11-12-13-14-15-16-17-21-24-27(29-2,30-3)28-25-26-22-19-18-20-23-26;/h18-20,22-23,28H,4-17,21,24-25H2,1-3H3;1H. The van der Waals surface area contributed by atoms with E-state index in [1.807, 2.05) is 0 Å². The molecule has 0 aliphatic rings. The van der Waals surface area contributed by atoms with Crippen LogP contribution in [-0.4, -0.2) is 20.1 Å². The van der Waals surface area contributed by atoms with Crippen LogP contribution in [0, 0.1) is 0 Å². The number of ether oxygens (including phenoxy) is 2. The van der Waals surface area contributed by atoms with Gasteiger partial charge in [0, 0.05) is 19.8 Å². The van der Waals surface area contributed by atoms with Gasteiger partial charge in [-0.1, -0.05) is 127 Å². The predicted molar refractivity (Wildman–Crippen MR) is 128 cm³/mol. The maximum atomic E-state index is 5.75. The first kappa shape index (κ1) is 30.4. The quantitative estimate of drug-likeness (QED) is 0.225. The number of rotatable bonds is 21. The second kappa shape index (κ2) is 21.2. The SMILES string of the molecule is CCCCCCCCCCCCCCCCCC([NH2+]Cc1ccccc1)(OC)OC.[Cl-]. The second-order valence-corrected chi connectivity index (χ2v) is 8.81. The molecule has 0 aliphatic carbocycles. The highest BCUT2D eigenvalue weighted by atomic mass is 35.5. The molecular formula is C27H50ClNO2. The fourth-order valence-electron chi connectivity index (χ4n) is 4.19. The Labute approximate surface area is 199 Å². The molecule has 3 nitrogen and oxygen atoms in total. The lowest BCUT2D eigenvalue weighted by atomic mass is 10.0. The molecule has 0 saturated heterocycles. The molecule has 0 aromatic heterocycles. The van der Waals surface area contributed by atoms with E-state index in [0.29, 0.717) is 0 Å². The average molecular weight is 456 g/mol. The summed E-state index contributed by atoms with van der Waals surface area (Å²) < 4.78 is 11.5. The molecule has 0 aliphatic heterocycles. The molecule has 1 aromatic carbocycles. The summed E-state index contributed by atoms with van der Waals surface area (Å²) in [7, 11) is 3.52. The Kier molecular flexibility index (Phi) is 20.8. The number of halogens is 1. The Bertz CT molecular complexity index is 479. The van der Waals surface area contributed by atoms with Gasteiger partial charge in [0.15, 0.2) is 0 Å². The number of benzene rings is 1. The monoisotopic (exact) mass is 455 g/mol. The normalized spacial score (nSPS) is 11.5. The van der Waals surface area contributed by atoms with Crippen LogP contribution in [0.4, 0.5) is 0 Å². The first-order chi connectivity index (χ1) is 14.8. The molecule has 0 atom stereocenters. The largest absolute Gasteiger partial charge is 1.00 e. The first-order valence-corrected chi connectivity index (χ1v) is 12.7. The van der Waals surface area contributed by atoms with Gasteiger partial charge in [-0.15, -0.1) is 0 Å². The van der Waals surface area contributed by atoms with E-state index < -0.39 is 5.91 Å². The molecule has 0 saturated carbocycles. The van der Waals surface area contributed by atoms with E-state index in [9.17, 15) is 0 Å². The third-order valence-electron chi connectivity index (χ3n) is 6.31. The minimum Gasteiger partial charge on any atom is -1.00 e. The van der Waals surface area contributed by atoms with Crippen LogP contribution in [-0.2, 0) is 16.0 Å². The first-order valence-electron chi connectivity index (χ1n) is 12.7. The van der Waals surface area contributed by atoms with E-state index >= 15 is 0 Å². The number of nitrogens with two attached hydrogens (primary N) is 1. The molecule has 0 fully saturated rings. The molecule has 0 radical (unpaired) electrons. The maximum absolute atomic E-state index is 5.75.